The average molecular weight is 659 g/mol. The lowest BCUT2D eigenvalue weighted by atomic mass is 9.62. The molecule has 4 fully saturated rings. The first-order valence-electron chi connectivity index (χ1n) is 18.8. The van der Waals surface area contributed by atoms with Crippen LogP contribution in [0.4, 0.5) is 0 Å². The van der Waals surface area contributed by atoms with E-state index in [9.17, 15) is 0 Å². The molecule has 0 N–H and O–H groups in total. The van der Waals surface area contributed by atoms with Crippen molar-refractivity contribution in [3.8, 4) is 0 Å². The van der Waals surface area contributed by atoms with Crippen molar-refractivity contribution in [3.05, 3.63) is 23.3 Å². The summed E-state index contributed by atoms with van der Waals surface area (Å²) in [5.74, 6) is 1.35. The second kappa shape index (κ2) is 12.9. The Kier molecular flexibility index (Phi) is 10.8. The fourth-order valence-electron chi connectivity index (χ4n) is 8.42. The van der Waals surface area contributed by atoms with Crippen LogP contribution in [0.5, 0.6) is 0 Å². The Bertz CT molecular complexity index is 1050. The number of hydrogen-bond acceptors (Lipinski definition) is 3. The van der Waals surface area contributed by atoms with Gasteiger partial charge in [-0.05, 0) is 130 Å². The molecule has 3 unspecified atom stereocenters. The van der Waals surface area contributed by atoms with Crippen LogP contribution in [-0.2, 0) is 13.6 Å². The van der Waals surface area contributed by atoms with Crippen molar-refractivity contribution in [2.24, 2.45) is 28.1 Å². The zero-order valence-corrected chi connectivity index (χ0v) is 34.5. The SMILES string of the molecule is C[C@@H](OCCC(C)(C)C)C1CCC2/C(=C/C=C3C[C@@H](O[Si](C)(C)C(C)(C)C)C4(CC4)[C@H](O[Si](C)(C)C(C)(C)C)C3)CCCC21C. The first-order chi connectivity index (χ1) is 20.4. The lowest BCUT2D eigenvalue weighted by molar-refractivity contribution is -0.0318. The maximum atomic E-state index is 7.35. The van der Waals surface area contributed by atoms with Gasteiger partial charge in [-0.1, -0.05) is 92.5 Å². The van der Waals surface area contributed by atoms with Crippen molar-refractivity contribution in [1.82, 2.24) is 0 Å². The van der Waals surface area contributed by atoms with Crippen molar-refractivity contribution in [2.45, 2.75) is 195 Å². The number of rotatable bonds is 9. The van der Waals surface area contributed by atoms with Gasteiger partial charge in [-0.3, -0.25) is 0 Å². The highest BCUT2D eigenvalue weighted by Gasteiger charge is 2.61. The summed E-state index contributed by atoms with van der Waals surface area (Å²) in [7, 11) is -3.83. The van der Waals surface area contributed by atoms with Gasteiger partial charge in [-0.25, -0.2) is 0 Å². The highest BCUT2D eigenvalue weighted by molar-refractivity contribution is 6.74. The number of ether oxygens (including phenoxy) is 1. The van der Waals surface area contributed by atoms with E-state index in [1.807, 2.05) is 0 Å². The highest BCUT2D eigenvalue weighted by atomic mass is 28.4. The molecule has 4 rings (SSSR count). The van der Waals surface area contributed by atoms with E-state index >= 15 is 0 Å². The molecule has 4 aliphatic carbocycles. The zero-order valence-electron chi connectivity index (χ0n) is 32.5. The van der Waals surface area contributed by atoms with Crippen LogP contribution in [0.15, 0.2) is 23.3 Å². The highest BCUT2D eigenvalue weighted by Crippen LogP contribution is 2.62. The third-order valence-electron chi connectivity index (χ3n) is 13.9. The maximum absolute atomic E-state index is 7.35. The minimum Gasteiger partial charge on any atom is -0.413 e. The Hall–Kier alpha value is -0.206. The minimum atomic E-state index is -1.92. The van der Waals surface area contributed by atoms with E-state index in [0.29, 0.717) is 28.8 Å². The molecule has 0 bridgehead atoms. The first kappa shape index (κ1) is 37.6. The minimum absolute atomic E-state index is 0.209. The number of fused-ring (bicyclic) bond motifs is 1. The van der Waals surface area contributed by atoms with Crippen LogP contribution in [0, 0.1) is 28.1 Å². The van der Waals surface area contributed by atoms with Crippen LogP contribution >= 0.6 is 0 Å². The van der Waals surface area contributed by atoms with Crippen LogP contribution in [0.1, 0.15) is 140 Å². The van der Waals surface area contributed by atoms with Gasteiger partial charge in [0.2, 0.25) is 0 Å². The monoisotopic (exact) mass is 659 g/mol. The summed E-state index contributed by atoms with van der Waals surface area (Å²) in [6.45, 7) is 36.9. The third kappa shape index (κ3) is 8.16. The summed E-state index contributed by atoms with van der Waals surface area (Å²) >= 11 is 0. The Morgan fingerprint density at radius 3 is 1.80 bits per heavy atom. The van der Waals surface area contributed by atoms with Gasteiger partial charge in [0, 0.05) is 12.0 Å². The van der Waals surface area contributed by atoms with Crippen molar-refractivity contribution in [1.29, 1.82) is 0 Å². The molecule has 0 aliphatic heterocycles. The molecule has 0 radical (unpaired) electrons. The van der Waals surface area contributed by atoms with Crippen molar-refractivity contribution < 1.29 is 13.6 Å². The van der Waals surface area contributed by atoms with Crippen molar-refractivity contribution in [2.75, 3.05) is 6.61 Å². The summed E-state index contributed by atoms with van der Waals surface area (Å²) in [5.41, 5.74) is 4.17. The van der Waals surface area contributed by atoms with Gasteiger partial charge in [0.1, 0.15) is 0 Å². The third-order valence-corrected chi connectivity index (χ3v) is 22.8. The van der Waals surface area contributed by atoms with E-state index in [-0.39, 0.29) is 27.7 Å². The Labute approximate surface area is 282 Å². The molecule has 1 spiro atoms. The first-order valence-corrected chi connectivity index (χ1v) is 24.6. The molecule has 0 aromatic rings. The molecule has 0 heterocycles. The predicted octanol–water partition coefficient (Wildman–Crippen LogP) is 12.3. The molecular weight excluding hydrogens is 585 g/mol. The van der Waals surface area contributed by atoms with Gasteiger partial charge < -0.3 is 13.6 Å². The summed E-state index contributed by atoms with van der Waals surface area (Å²) in [6, 6.07) is 0. The molecule has 4 aliphatic rings. The summed E-state index contributed by atoms with van der Waals surface area (Å²) in [6.07, 6.45) is 18.4. The van der Waals surface area contributed by atoms with E-state index in [0.717, 1.165) is 25.9 Å². The molecule has 3 nitrogen and oxygen atoms in total. The fourth-order valence-corrected chi connectivity index (χ4v) is 11.2. The maximum Gasteiger partial charge on any atom is 0.192 e. The molecule has 0 aromatic carbocycles. The van der Waals surface area contributed by atoms with Gasteiger partial charge in [-0.2, -0.15) is 0 Å². The molecule has 5 heteroatoms. The fraction of sp³-hybridized carbons (Fsp3) is 0.900. The Morgan fingerprint density at radius 2 is 1.33 bits per heavy atom. The van der Waals surface area contributed by atoms with Gasteiger partial charge in [0.05, 0.1) is 18.3 Å². The zero-order chi connectivity index (χ0) is 33.9. The average Bonchev–Trinajstić information content (AvgIpc) is 3.58. The lowest BCUT2D eigenvalue weighted by Crippen LogP contribution is -2.54. The Morgan fingerprint density at radius 1 is 0.800 bits per heavy atom. The Balaban J connectivity index is 1.58. The summed E-state index contributed by atoms with van der Waals surface area (Å²) in [4.78, 5) is 0. The molecular formula is C40H74O3Si2. The normalized spacial score (nSPS) is 32.6. The van der Waals surface area contributed by atoms with Crippen LogP contribution in [0.2, 0.25) is 36.3 Å². The topological polar surface area (TPSA) is 27.7 Å². The standard InChI is InChI=1S/C40H74O3Si2/c1-29(41-26-25-36(2,3)4)32-20-21-33-31(17-16-22-39(32,33)11)19-18-30-27-34(42-44(12,13)37(5,6)7)40(23-24-40)35(28-30)43-45(14,15)38(8,9)10/h18-19,29,32-35H,16-17,20-28H2,1-15H3/b31-19+/t29-,32?,33?,34-,35-,39?/m1/s1. The molecule has 0 saturated heterocycles. The van der Waals surface area contributed by atoms with E-state index < -0.39 is 16.6 Å². The van der Waals surface area contributed by atoms with Crippen LogP contribution < -0.4 is 0 Å². The summed E-state index contributed by atoms with van der Waals surface area (Å²) in [5, 5.41) is 0.419. The molecule has 0 amide bonds. The van der Waals surface area contributed by atoms with Crippen LogP contribution in [0.3, 0.4) is 0 Å². The van der Waals surface area contributed by atoms with Gasteiger partial charge in [0.15, 0.2) is 16.6 Å². The van der Waals surface area contributed by atoms with E-state index in [1.165, 1.54) is 44.9 Å². The molecule has 6 atom stereocenters. The molecule has 4 saturated carbocycles. The predicted molar refractivity (Wildman–Crippen MR) is 199 cm³/mol. The van der Waals surface area contributed by atoms with Gasteiger partial charge in [0.25, 0.3) is 0 Å². The van der Waals surface area contributed by atoms with Gasteiger partial charge in [-0.15, -0.1) is 0 Å². The largest absolute Gasteiger partial charge is 0.413 e. The van der Waals surface area contributed by atoms with Crippen molar-refractivity contribution in [3.63, 3.8) is 0 Å². The van der Waals surface area contributed by atoms with E-state index in [4.69, 9.17) is 13.6 Å². The van der Waals surface area contributed by atoms with E-state index in [2.05, 4.69) is 115 Å². The second-order valence-corrected chi connectivity index (χ2v) is 29.9. The van der Waals surface area contributed by atoms with Crippen LogP contribution in [-0.4, -0.2) is 41.6 Å². The second-order valence-electron chi connectivity index (χ2n) is 20.4. The molecule has 45 heavy (non-hydrogen) atoms. The lowest BCUT2D eigenvalue weighted by Gasteiger charge is -2.49. The van der Waals surface area contributed by atoms with E-state index in [1.54, 1.807) is 11.1 Å². The van der Waals surface area contributed by atoms with Gasteiger partial charge >= 0.3 is 0 Å². The van der Waals surface area contributed by atoms with Crippen molar-refractivity contribution >= 4 is 16.6 Å². The number of hydrogen-bond donors (Lipinski definition) is 0. The smallest absolute Gasteiger partial charge is 0.192 e. The molecule has 0 aromatic heterocycles. The molecule has 260 valence electrons. The van der Waals surface area contributed by atoms with Crippen LogP contribution in [0.25, 0.3) is 0 Å². The number of allylic oxidation sites excluding steroid dienone is 3. The summed E-state index contributed by atoms with van der Waals surface area (Å²) < 4.78 is 21.2. The quantitative estimate of drug-likeness (QED) is 0.231.